The molecule has 0 spiro atoms. The Balaban J connectivity index is 1.17. The highest BCUT2D eigenvalue weighted by Gasteiger charge is 2.21. The van der Waals surface area contributed by atoms with Crippen LogP contribution in [-0.2, 0) is 0 Å². The predicted molar refractivity (Wildman–Crippen MR) is 217 cm³/mol. The van der Waals surface area contributed by atoms with Crippen LogP contribution in [-0.4, -0.2) is 4.57 Å². The van der Waals surface area contributed by atoms with Gasteiger partial charge in [-0.05, 0) is 76.3 Å². The second kappa shape index (κ2) is 11.0. The van der Waals surface area contributed by atoms with E-state index in [0.29, 0.717) is 0 Å². The number of hydrogen-bond donors (Lipinski definition) is 0. The van der Waals surface area contributed by atoms with Crippen molar-refractivity contribution in [1.82, 2.24) is 4.57 Å². The van der Waals surface area contributed by atoms with Gasteiger partial charge in [-0.3, -0.25) is 0 Å². The molecular weight excluding hydrogens is 639 g/mol. The van der Waals surface area contributed by atoms with Crippen LogP contribution in [0.1, 0.15) is 0 Å². The summed E-state index contributed by atoms with van der Waals surface area (Å²) in [6.45, 7) is 0. The maximum absolute atomic E-state index is 7.07. The first-order valence-corrected chi connectivity index (χ1v) is 18.2. The molecule has 0 radical (unpaired) electrons. The van der Waals surface area contributed by atoms with Gasteiger partial charge in [0.15, 0.2) is 5.58 Å². The molecule has 3 heteroatoms. The number of fused-ring (bicyclic) bond motifs is 9. The lowest BCUT2D eigenvalue weighted by Crippen LogP contribution is -1.94. The molecule has 0 aliphatic carbocycles. The van der Waals surface area contributed by atoms with E-state index in [1.807, 2.05) is 11.3 Å². The van der Waals surface area contributed by atoms with Crippen LogP contribution in [0.4, 0.5) is 0 Å². The second-order valence-corrected chi connectivity index (χ2v) is 14.4. The van der Waals surface area contributed by atoms with Gasteiger partial charge in [-0.2, -0.15) is 0 Å². The van der Waals surface area contributed by atoms with Crippen LogP contribution >= 0.6 is 11.3 Å². The first-order chi connectivity index (χ1) is 25.3. The van der Waals surface area contributed by atoms with Crippen LogP contribution in [0.2, 0.25) is 0 Å². The topological polar surface area (TPSA) is 18.1 Å². The van der Waals surface area contributed by atoms with Gasteiger partial charge in [0.25, 0.3) is 0 Å². The SMILES string of the molecule is c1ccc(-c2ccc3c(c2)c2ccccc2n3-c2cccc3c2oc2c(-c4ccccc4)cc(-c4ccc5c(c4)sc4ccccc45)cc23)cc1. The minimum Gasteiger partial charge on any atom is -0.453 e. The smallest absolute Gasteiger partial charge is 0.159 e. The Labute approximate surface area is 298 Å². The fourth-order valence-electron chi connectivity index (χ4n) is 8.01. The van der Waals surface area contributed by atoms with Crippen LogP contribution in [0.5, 0.6) is 0 Å². The lowest BCUT2D eigenvalue weighted by molar-refractivity contribution is 0.667. The van der Waals surface area contributed by atoms with E-state index in [1.54, 1.807) is 0 Å². The molecule has 3 heterocycles. The quantitative estimate of drug-likeness (QED) is 0.183. The number of benzene rings is 8. The van der Waals surface area contributed by atoms with Crippen molar-refractivity contribution in [3.8, 4) is 39.1 Å². The van der Waals surface area contributed by atoms with Gasteiger partial charge in [0.1, 0.15) is 5.58 Å². The summed E-state index contributed by atoms with van der Waals surface area (Å²) >= 11 is 1.86. The van der Waals surface area contributed by atoms with E-state index in [-0.39, 0.29) is 0 Å². The van der Waals surface area contributed by atoms with Crippen molar-refractivity contribution in [1.29, 1.82) is 0 Å². The number of furan rings is 1. The van der Waals surface area contributed by atoms with Crippen molar-refractivity contribution < 1.29 is 4.42 Å². The van der Waals surface area contributed by atoms with Crippen molar-refractivity contribution in [2.75, 3.05) is 0 Å². The van der Waals surface area contributed by atoms with Gasteiger partial charge in [-0.1, -0.05) is 127 Å². The summed E-state index contributed by atoms with van der Waals surface area (Å²) < 4.78 is 12.1. The molecule has 3 aromatic heterocycles. The zero-order valence-electron chi connectivity index (χ0n) is 27.5. The number of thiophene rings is 1. The molecule has 0 aliphatic heterocycles. The van der Waals surface area contributed by atoms with E-state index >= 15 is 0 Å². The minimum absolute atomic E-state index is 0.886. The highest BCUT2D eigenvalue weighted by atomic mass is 32.1. The Kier molecular flexibility index (Phi) is 6.16. The number of nitrogens with zero attached hydrogens (tertiary/aromatic N) is 1. The Morgan fingerprint density at radius 1 is 0.353 bits per heavy atom. The normalized spacial score (nSPS) is 11.9. The molecule has 238 valence electrons. The maximum Gasteiger partial charge on any atom is 0.159 e. The third-order valence-corrected chi connectivity index (χ3v) is 11.5. The molecule has 0 bridgehead atoms. The Morgan fingerprint density at radius 3 is 1.86 bits per heavy atom. The molecule has 11 aromatic rings. The highest BCUT2D eigenvalue weighted by molar-refractivity contribution is 7.25. The molecule has 2 nitrogen and oxygen atoms in total. The van der Waals surface area contributed by atoms with E-state index in [4.69, 9.17) is 4.42 Å². The average molecular weight is 668 g/mol. The molecule has 11 rings (SSSR count). The van der Waals surface area contributed by atoms with Crippen molar-refractivity contribution >= 4 is 75.3 Å². The lowest BCUT2D eigenvalue weighted by Gasteiger charge is -2.09. The zero-order chi connectivity index (χ0) is 33.5. The van der Waals surface area contributed by atoms with Crippen molar-refractivity contribution in [3.05, 3.63) is 176 Å². The summed E-state index contributed by atoms with van der Waals surface area (Å²) in [6, 6.07) is 63.6. The summed E-state index contributed by atoms with van der Waals surface area (Å²) in [7, 11) is 0. The number of rotatable bonds is 4. The molecule has 0 saturated carbocycles. The fraction of sp³-hybridized carbons (Fsp3) is 0. The van der Waals surface area contributed by atoms with Crippen molar-refractivity contribution in [2.45, 2.75) is 0 Å². The average Bonchev–Trinajstić information content (AvgIpc) is 3.87. The Bertz CT molecular complexity index is 3130. The molecule has 0 aliphatic rings. The summed E-state index contributed by atoms with van der Waals surface area (Å²) in [4.78, 5) is 0. The summed E-state index contributed by atoms with van der Waals surface area (Å²) in [5.74, 6) is 0. The third kappa shape index (κ3) is 4.35. The molecule has 0 unspecified atom stereocenters. The molecule has 0 saturated heterocycles. The summed E-state index contributed by atoms with van der Waals surface area (Å²) in [6.07, 6.45) is 0. The van der Waals surface area contributed by atoms with Crippen molar-refractivity contribution in [3.63, 3.8) is 0 Å². The fourth-order valence-corrected chi connectivity index (χ4v) is 9.15. The standard InChI is InChI=1S/C48H29NOS/c1-3-12-30(13-4-1)32-23-25-43-40(26-32)35-16-7-9-19-42(35)49(43)44-20-11-18-38-41-28-34(27-39(47(41)50-48(38)44)31-14-5-2-6-15-31)33-22-24-37-36-17-8-10-21-45(36)51-46(37)29-33/h1-29H. The van der Waals surface area contributed by atoms with Crippen LogP contribution in [0.3, 0.4) is 0 Å². The van der Waals surface area contributed by atoms with Crippen molar-refractivity contribution in [2.24, 2.45) is 0 Å². The van der Waals surface area contributed by atoms with E-state index < -0.39 is 0 Å². The van der Waals surface area contributed by atoms with Gasteiger partial charge in [-0.15, -0.1) is 11.3 Å². The van der Waals surface area contributed by atoms with E-state index in [1.165, 1.54) is 53.2 Å². The molecule has 0 atom stereocenters. The Morgan fingerprint density at radius 2 is 1.00 bits per heavy atom. The number of para-hydroxylation sites is 2. The van der Waals surface area contributed by atoms with Gasteiger partial charge in [0, 0.05) is 47.3 Å². The first kappa shape index (κ1) is 28.4. The molecule has 0 fully saturated rings. The van der Waals surface area contributed by atoms with Gasteiger partial charge in [0.2, 0.25) is 0 Å². The number of aromatic nitrogens is 1. The van der Waals surface area contributed by atoms with E-state index in [2.05, 4.69) is 180 Å². The van der Waals surface area contributed by atoms with Crippen LogP contribution in [0.15, 0.2) is 180 Å². The van der Waals surface area contributed by atoms with Crippen LogP contribution in [0, 0.1) is 0 Å². The molecule has 0 N–H and O–H groups in total. The summed E-state index contributed by atoms with van der Waals surface area (Å²) in [5, 5.41) is 7.30. The van der Waals surface area contributed by atoms with Gasteiger partial charge in [0.05, 0.1) is 16.7 Å². The Hall–Kier alpha value is -6.42. The monoisotopic (exact) mass is 667 g/mol. The molecule has 51 heavy (non-hydrogen) atoms. The third-order valence-electron chi connectivity index (χ3n) is 10.4. The predicted octanol–water partition coefficient (Wildman–Crippen LogP) is 14.1. The van der Waals surface area contributed by atoms with E-state index in [0.717, 1.165) is 49.8 Å². The second-order valence-electron chi connectivity index (χ2n) is 13.3. The largest absolute Gasteiger partial charge is 0.453 e. The molecule has 8 aromatic carbocycles. The highest BCUT2D eigenvalue weighted by Crippen LogP contribution is 2.44. The van der Waals surface area contributed by atoms with Gasteiger partial charge < -0.3 is 8.98 Å². The number of hydrogen-bond acceptors (Lipinski definition) is 2. The lowest BCUT2D eigenvalue weighted by atomic mass is 9.95. The summed E-state index contributed by atoms with van der Waals surface area (Å²) in [5.41, 5.74) is 12.2. The maximum atomic E-state index is 7.07. The van der Waals surface area contributed by atoms with Gasteiger partial charge in [-0.25, -0.2) is 0 Å². The molecule has 0 amide bonds. The minimum atomic E-state index is 0.886. The van der Waals surface area contributed by atoms with E-state index in [9.17, 15) is 0 Å². The molecular formula is C48H29NOS. The van der Waals surface area contributed by atoms with Crippen LogP contribution in [0.25, 0.3) is 103 Å². The van der Waals surface area contributed by atoms with Crippen LogP contribution < -0.4 is 0 Å². The zero-order valence-corrected chi connectivity index (χ0v) is 28.3. The first-order valence-electron chi connectivity index (χ1n) is 17.3. The van der Waals surface area contributed by atoms with Gasteiger partial charge >= 0.3 is 0 Å².